The third-order valence-corrected chi connectivity index (χ3v) is 3.42. The lowest BCUT2D eigenvalue weighted by Gasteiger charge is -2.30. The van der Waals surface area contributed by atoms with E-state index in [-0.39, 0.29) is 5.78 Å². The molecule has 1 N–H and O–H groups in total. The first-order valence-electron chi connectivity index (χ1n) is 3.85. The van der Waals surface area contributed by atoms with Crippen LogP contribution in [0.3, 0.4) is 0 Å². The molecule has 0 heterocycles. The third kappa shape index (κ3) is 2.11. The van der Waals surface area contributed by atoms with Gasteiger partial charge in [-0.25, -0.2) is 0 Å². The van der Waals surface area contributed by atoms with Crippen molar-refractivity contribution < 1.29 is 14.6 Å². The molecule has 3 nitrogen and oxygen atoms in total. The maximum Gasteiger partial charge on any atom is 0.184 e. The number of carbonyl (C=O) groups excluding carboxylic acids is 1. The van der Waals surface area contributed by atoms with Crippen LogP contribution < -0.4 is 0 Å². The summed E-state index contributed by atoms with van der Waals surface area (Å²) in [6.07, 6.45) is 4.52. The maximum atomic E-state index is 11.2. The van der Waals surface area contributed by atoms with Crippen LogP contribution in [0.2, 0.25) is 0 Å². The Labute approximate surface area is 90.6 Å². The highest BCUT2D eigenvalue weighted by molar-refractivity contribution is 14.1. The molecule has 1 aliphatic rings. The largest absolute Gasteiger partial charge is 0.515 e. The van der Waals surface area contributed by atoms with Gasteiger partial charge in [0.25, 0.3) is 0 Å². The van der Waals surface area contributed by atoms with Crippen LogP contribution in [0.5, 0.6) is 0 Å². The van der Waals surface area contributed by atoms with Gasteiger partial charge in [-0.2, -0.15) is 0 Å². The first-order chi connectivity index (χ1) is 6.17. The van der Waals surface area contributed by atoms with Crippen molar-refractivity contribution in [1.82, 2.24) is 0 Å². The Morgan fingerprint density at radius 3 is 3.00 bits per heavy atom. The fourth-order valence-electron chi connectivity index (χ4n) is 1.20. The minimum Gasteiger partial charge on any atom is -0.515 e. The average Bonchev–Trinajstić information content (AvgIpc) is 2.19. The summed E-state index contributed by atoms with van der Waals surface area (Å²) < 4.78 is 6.06. The number of allylic oxidation sites excluding steroid dienone is 1. The summed E-state index contributed by atoms with van der Waals surface area (Å²) in [4.78, 5) is 11.2. The summed E-state index contributed by atoms with van der Waals surface area (Å²) in [5.74, 6) is -0.139. The average molecular weight is 294 g/mol. The summed E-state index contributed by atoms with van der Waals surface area (Å²) in [6.45, 7) is 0. The number of rotatable bonds is 2. The molecule has 4 heteroatoms. The van der Waals surface area contributed by atoms with E-state index in [0.29, 0.717) is 12.0 Å². The van der Waals surface area contributed by atoms with Gasteiger partial charge >= 0.3 is 0 Å². The maximum absolute atomic E-state index is 11.2. The second kappa shape index (κ2) is 4.23. The van der Waals surface area contributed by atoms with Gasteiger partial charge in [-0.3, -0.25) is 4.79 Å². The summed E-state index contributed by atoms with van der Waals surface area (Å²) >= 11 is 2.20. The van der Waals surface area contributed by atoms with Crippen molar-refractivity contribution in [2.45, 2.75) is 12.0 Å². The van der Waals surface area contributed by atoms with Gasteiger partial charge in [0.15, 0.2) is 5.78 Å². The van der Waals surface area contributed by atoms with E-state index in [4.69, 9.17) is 9.84 Å². The highest BCUT2D eigenvalue weighted by Gasteiger charge is 2.32. The molecule has 0 fully saturated rings. The molecule has 1 aliphatic carbocycles. The Bertz CT molecular complexity index is 264. The highest BCUT2D eigenvalue weighted by atomic mass is 127. The van der Waals surface area contributed by atoms with Crippen LogP contribution in [-0.2, 0) is 9.53 Å². The first-order valence-corrected chi connectivity index (χ1v) is 5.38. The molecule has 1 atom stereocenters. The van der Waals surface area contributed by atoms with Crippen LogP contribution in [-0.4, -0.2) is 28.0 Å². The molecule has 1 rings (SSSR count). The van der Waals surface area contributed by atoms with E-state index >= 15 is 0 Å². The molecule has 0 radical (unpaired) electrons. The van der Waals surface area contributed by atoms with Gasteiger partial charge in [0.05, 0.1) is 11.9 Å². The number of ether oxygens (including phenoxy) is 1. The van der Waals surface area contributed by atoms with Crippen molar-refractivity contribution in [3.05, 3.63) is 24.0 Å². The molecule has 0 spiro atoms. The molecule has 0 aromatic carbocycles. The Kier molecular flexibility index (Phi) is 3.49. The molecule has 0 aromatic rings. The van der Waals surface area contributed by atoms with Gasteiger partial charge in [-0.05, 0) is 12.2 Å². The number of carbonyl (C=O) groups is 1. The van der Waals surface area contributed by atoms with Gasteiger partial charge in [-0.15, -0.1) is 0 Å². The predicted molar refractivity (Wildman–Crippen MR) is 58.1 cm³/mol. The Morgan fingerprint density at radius 2 is 2.54 bits per heavy atom. The number of aliphatic hydroxyl groups is 1. The van der Waals surface area contributed by atoms with Crippen molar-refractivity contribution in [3.63, 3.8) is 0 Å². The lowest BCUT2D eigenvalue weighted by molar-refractivity contribution is -0.112. The standard InChI is InChI=1S/C9H11IO3/c1-13-9(6-10)3-2-8(12)7(4-9)5-11/h2-3,5,11H,4,6H2,1H3. The fraction of sp³-hybridized carbons (Fsp3) is 0.444. The van der Waals surface area contributed by atoms with Crippen molar-refractivity contribution >= 4 is 28.4 Å². The molecule has 0 amide bonds. The van der Waals surface area contributed by atoms with Crippen LogP contribution in [0.4, 0.5) is 0 Å². The van der Waals surface area contributed by atoms with Crippen molar-refractivity contribution in [2.75, 3.05) is 11.5 Å². The van der Waals surface area contributed by atoms with Crippen LogP contribution in [0.15, 0.2) is 24.0 Å². The van der Waals surface area contributed by atoms with E-state index in [1.165, 1.54) is 6.08 Å². The van der Waals surface area contributed by atoms with E-state index in [0.717, 1.165) is 10.7 Å². The minimum atomic E-state index is -0.428. The van der Waals surface area contributed by atoms with Crippen molar-refractivity contribution in [2.24, 2.45) is 0 Å². The number of halogens is 1. The molecule has 0 saturated heterocycles. The van der Waals surface area contributed by atoms with E-state index in [1.54, 1.807) is 13.2 Å². The van der Waals surface area contributed by atoms with E-state index < -0.39 is 5.60 Å². The van der Waals surface area contributed by atoms with Crippen LogP contribution in [0, 0.1) is 0 Å². The number of ketones is 1. The molecule has 0 saturated carbocycles. The van der Waals surface area contributed by atoms with Crippen molar-refractivity contribution in [3.8, 4) is 0 Å². The molecule has 0 bridgehead atoms. The summed E-state index contributed by atoms with van der Waals surface area (Å²) in [7, 11) is 1.60. The van der Waals surface area contributed by atoms with Gasteiger partial charge in [0.2, 0.25) is 0 Å². The normalized spacial score (nSPS) is 31.2. The molecular weight excluding hydrogens is 283 g/mol. The molecule has 13 heavy (non-hydrogen) atoms. The van der Waals surface area contributed by atoms with Gasteiger partial charge < -0.3 is 9.84 Å². The third-order valence-electron chi connectivity index (χ3n) is 2.13. The second-order valence-corrected chi connectivity index (χ2v) is 3.69. The summed E-state index contributed by atoms with van der Waals surface area (Å²) in [5, 5.41) is 8.81. The topological polar surface area (TPSA) is 46.5 Å². The van der Waals surface area contributed by atoms with Crippen LogP contribution >= 0.6 is 22.6 Å². The number of alkyl halides is 1. The van der Waals surface area contributed by atoms with Gasteiger partial charge in [0, 0.05) is 23.5 Å². The van der Waals surface area contributed by atoms with Gasteiger partial charge in [0.1, 0.15) is 0 Å². The van der Waals surface area contributed by atoms with E-state index in [9.17, 15) is 4.79 Å². The molecule has 72 valence electrons. The molecule has 0 aromatic heterocycles. The zero-order chi connectivity index (χ0) is 9.90. The quantitative estimate of drug-likeness (QED) is 0.365. The number of methoxy groups -OCH3 is 1. The molecule has 0 aliphatic heterocycles. The number of hydrogen-bond acceptors (Lipinski definition) is 3. The lowest BCUT2D eigenvalue weighted by atomic mass is 9.88. The van der Waals surface area contributed by atoms with Crippen LogP contribution in [0.25, 0.3) is 0 Å². The second-order valence-electron chi connectivity index (χ2n) is 2.93. The first kappa shape index (κ1) is 10.7. The lowest BCUT2D eigenvalue weighted by Crippen LogP contribution is -2.35. The SMILES string of the molecule is COC1(CI)C=CC(=O)C(=CO)C1. The monoisotopic (exact) mass is 294 g/mol. The van der Waals surface area contributed by atoms with Crippen molar-refractivity contribution in [1.29, 1.82) is 0 Å². The molecular formula is C9H11IO3. The Hall–Kier alpha value is -0.360. The smallest absolute Gasteiger partial charge is 0.184 e. The zero-order valence-electron chi connectivity index (χ0n) is 7.29. The van der Waals surface area contributed by atoms with E-state index in [1.807, 2.05) is 0 Å². The van der Waals surface area contributed by atoms with Crippen LogP contribution in [0.1, 0.15) is 6.42 Å². The highest BCUT2D eigenvalue weighted by Crippen LogP contribution is 2.29. The van der Waals surface area contributed by atoms with Gasteiger partial charge in [-0.1, -0.05) is 22.6 Å². The van der Waals surface area contributed by atoms with E-state index in [2.05, 4.69) is 22.6 Å². The minimum absolute atomic E-state index is 0.139. The number of aliphatic hydroxyl groups excluding tert-OH is 1. The Morgan fingerprint density at radius 1 is 1.85 bits per heavy atom. The number of hydrogen-bond donors (Lipinski definition) is 1. The summed E-state index contributed by atoms with van der Waals surface area (Å²) in [6, 6.07) is 0. The Balaban J connectivity index is 2.96. The molecule has 1 unspecified atom stereocenters. The zero-order valence-corrected chi connectivity index (χ0v) is 9.45. The summed E-state index contributed by atoms with van der Waals surface area (Å²) in [5.41, 5.74) is -0.0238. The predicted octanol–water partition coefficient (Wildman–Crippen LogP) is 1.78. The fourth-order valence-corrected chi connectivity index (χ4v) is 2.03.